The molecule has 0 aromatic heterocycles. The van der Waals surface area contributed by atoms with Gasteiger partial charge in [-0.15, -0.1) is 12.6 Å². The second-order valence-corrected chi connectivity index (χ2v) is 15.0. The summed E-state index contributed by atoms with van der Waals surface area (Å²) in [5.74, 6) is 0. The van der Waals surface area contributed by atoms with E-state index in [-0.39, 0.29) is 5.41 Å². The van der Waals surface area contributed by atoms with Crippen LogP contribution in [-0.4, -0.2) is 0 Å². The lowest BCUT2D eigenvalue weighted by Crippen LogP contribution is -2.14. The average molecular weight is 685 g/mol. The van der Waals surface area contributed by atoms with Crippen LogP contribution in [0.25, 0.3) is 83.8 Å². The van der Waals surface area contributed by atoms with Gasteiger partial charge in [0, 0.05) is 15.9 Å². The van der Waals surface area contributed by atoms with Gasteiger partial charge in [-0.2, -0.15) is 0 Å². The molecule has 7 aromatic carbocycles. The molecule has 9 rings (SSSR count). The molecular weight excluding hydrogens is 645 g/mol. The second kappa shape index (κ2) is 12.5. The molecule has 1 heteroatoms. The fraction of sp³-hybridized carbons (Fsp3) is 0.0980. The quantitative estimate of drug-likeness (QED) is 0.166. The maximum Gasteiger partial charge on any atom is 0.0159 e. The molecule has 52 heavy (non-hydrogen) atoms. The van der Waals surface area contributed by atoms with Gasteiger partial charge >= 0.3 is 0 Å². The van der Waals surface area contributed by atoms with E-state index in [2.05, 4.69) is 167 Å². The molecular formula is C51H40S. The lowest BCUT2D eigenvalue weighted by atomic mass is 9.81. The topological polar surface area (TPSA) is 0 Å². The van der Waals surface area contributed by atoms with Gasteiger partial charge in [0.15, 0.2) is 0 Å². The van der Waals surface area contributed by atoms with Crippen molar-refractivity contribution in [3.8, 4) is 44.5 Å². The summed E-state index contributed by atoms with van der Waals surface area (Å²) in [5, 5.41) is 5.00. The summed E-state index contributed by atoms with van der Waals surface area (Å²) in [5.41, 5.74) is 17.3. The van der Waals surface area contributed by atoms with Gasteiger partial charge in [0.05, 0.1) is 0 Å². The third-order valence-electron chi connectivity index (χ3n) is 11.4. The molecule has 0 fully saturated rings. The highest BCUT2D eigenvalue weighted by molar-refractivity contribution is 7.80. The van der Waals surface area contributed by atoms with Gasteiger partial charge in [-0.1, -0.05) is 161 Å². The smallest absolute Gasteiger partial charge is 0.0159 e. The third kappa shape index (κ3) is 4.91. The average Bonchev–Trinajstić information content (AvgIpc) is 3.42. The number of fused-ring (bicyclic) bond motifs is 6. The van der Waals surface area contributed by atoms with Crippen LogP contribution in [0.3, 0.4) is 0 Å². The van der Waals surface area contributed by atoms with Crippen molar-refractivity contribution < 1.29 is 0 Å². The van der Waals surface area contributed by atoms with E-state index in [0.29, 0.717) is 0 Å². The Balaban J connectivity index is 1.26. The Hall–Kier alpha value is -5.63. The molecule has 0 saturated heterocycles. The maximum absolute atomic E-state index is 5.04. The zero-order valence-electron chi connectivity index (χ0n) is 29.7. The minimum absolute atomic E-state index is 0.135. The second-order valence-electron chi connectivity index (χ2n) is 14.6. The van der Waals surface area contributed by atoms with Crippen molar-refractivity contribution in [1.82, 2.24) is 0 Å². The molecule has 0 saturated carbocycles. The minimum atomic E-state index is -0.135. The molecule has 0 unspecified atom stereocenters. The summed E-state index contributed by atoms with van der Waals surface area (Å²) in [7, 11) is 0. The van der Waals surface area contributed by atoms with Crippen molar-refractivity contribution in [2.75, 3.05) is 0 Å². The van der Waals surface area contributed by atoms with Crippen molar-refractivity contribution >= 4 is 51.9 Å². The van der Waals surface area contributed by atoms with E-state index in [9.17, 15) is 0 Å². The predicted molar refractivity (Wildman–Crippen MR) is 229 cm³/mol. The first-order valence-corrected chi connectivity index (χ1v) is 18.7. The van der Waals surface area contributed by atoms with Gasteiger partial charge in [-0.05, 0) is 125 Å². The van der Waals surface area contributed by atoms with Gasteiger partial charge in [-0.25, -0.2) is 0 Å². The van der Waals surface area contributed by atoms with Crippen molar-refractivity contribution in [2.45, 2.75) is 37.0 Å². The largest absolute Gasteiger partial charge is 0.143 e. The highest BCUT2D eigenvalue weighted by atomic mass is 32.1. The van der Waals surface area contributed by atoms with E-state index >= 15 is 0 Å². The molecule has 0 nitrogen and oxygen atoms in total. The molecule has 0 amide bonds. The third-order valence-corrected chi connectivity index (χ3v) is 11.8. The van der Waals surface area contributed by atoms with E-state index in [1.54, 1.807) is 0 Å². The minimum Gasteiger partial charge on any atom is -0.143 e. The van der Waals surface area contributed by atoms with Crippen LogP contribution < -0.4 is 0 Å². The van der Waals surface area contributed by atoms with Crippen molar-refractivity contribution in [3.63, 3.8) is 0 Å². The van der Waals surface area contributed by atoms with Crippen LogP contribution in [0.5, 0.6) is 0 Å². The monoisotopic (exact) mass is 684 g/mol. The van der Waals surface area contributed by atoms with Gasteiger partial charge in [-0.3, -0.25) is 0 Å². The fourth-order valence-electron chi connectivity index (χ4n) is 8.95. The number of hydrogen-bond donors (Lipinski definition) is 1. The van der Waals surface area contributed by atoms with Crippen LogP contribution in [0.4, 0.5) is 0 Å². The highest BCUT2D eigenvalue weighted by Gasteiger charge is 2.37. The van der Waals surface area contributed by atoms with E-state index in [1.165, 1.54) is 88.3 Å². The molecule has 0 N–H and O–H groups in total. The standard InChI is InChI=1S/C51H40S/c1-5-38-39(6-2)47(41-23-14-13-22-40(41)46(38)32-16-9-7-10-17-32)37-21-15-20-35(30-37)36-25-27-43-42(31-36)50-44(51(43,3)4)28-24-34-26-29-45(52)48(49(34)50)33-18-11-8-12-19-33/h5-9,11-16,18-31,52H,1-2,10,17H2,3-4H3. The van der Waals surface area contributed by atoms with E-state index in [4.69, 9.17) is 12.6 Å². The Morgan fingerprint density at radius 2 is 1.25 bits per heavy atom. The van der Waals surface area contributed by atoms with E-state index in [0.717, 1.165) is 28.9 Å². The van der Waals surface area contributed by atoms with Gasteiger partial charge in [0.2, 0.25) is 0 Å². The first kappa shape index (κ1) is 32.3. The lowest BCUT2D eigenvalue weighted by Gasteiger charge is -2.22. The molecule has 2 aliphatic carbocycles. The summed E-state index contributed by atoms with van der Waals surface area (Å²) in [6.07, 6.45) is 12.8. The van der Waals surface area contributed by atoms with Gasteiger partial charge in [0.25, 0.3) is 0 Å². The van der Waals surface area contributed by atoms with Crippen LogP contribution >= 0.6 is 12.6 Å². The Kier molecular flexibility index (Phi) is 7.79. The first-order chi connectivity index (χ1) is 25.4. The summed E-state index contributed by atoms with van der Waals surface area (Å²) >= 11 is 5.04. The normalized spacial score (nSPS) is 14.2. The summed E-state index contributed by atoms with van der Waals surface area (Å²) in [4.78, 5) is 0.994. The Morgan fingerprint density at radius 3 is 2.00 bits per heavy atom. The van der Waals surface area contributed by atoms with Crippen LogP contribution in [0.2, 0.25) is 0 Å². The predicted octanol–water partition coefficient (Wildman–Crippen LogP) is 14.6. The SMILES string of the molecule is C=Cc1c(C=C)c(-c2cccc(-c3ccc4c(c3)-c3c(ccc5ccc(S)c(-c6ccccc6)c35)C4(C)C)c2)c2ccccc2c1C1=CC=CCC1. The molecule has 0 radical (unpaired) electrons. The highest BCUT2D eigenvalue weighted by Crippen LogP contribution is 2.54. The van der Waals surface area contributed by atoms with Crippen LogP contribution in [0.1, 0.15) is 54.5 Å². The van der Waals surface area contributed by atoms with Crippen LogP contribution in [-0.2, 0) is 5.41 Å². The fourth-order valence-corrected chi connectivity index (χ4v) is 9.27. The van der Waals surface area contributed by atoms with Crippen molar-refractivity contribution in [2.24, 2.45) is 0 Å². The van der Waals surface area contributed by atoms with Gasteiger partial charge in [0.1, 0.15) is 0 Å². The lowest BCUT2D eigenvalue weighted by molar-refractivity contribution is 0.661. The van der Waals surface area contributed by atoms with Gasteiger partial charge < -0.3 is 0 Å². The Labute approximate surface area is 312 Å². The molecule has 0 bridgehead atoms. The van der Waals surface area contributed by atoms with Crippen molar-refractivity contribution in [1.29, 1.82) is 0 Å². The molecule has 7 aromatic rings. The molecule has 250 valence electrons. The van der Waals surface area contributed by atoms with E-state index < -0.39 is 0 Å². The van der Waals surface area contributed by atoms with Crippen LogP contribution in [0, 0.1) is 0 Å². The number of hydrogen-bond acceptors (Lipinski definition) is 1. The summed E-state index contributed by atoms with van der Waals surface area (Å²) < 4.78 is 0. The van der Waals surface area contributed by atoms with Crippen molar-refractivity contribution in [3.05, 3.63) is 181 Å². The number of benzene rings is 7. The molecule has 0 aliphatic heterocycles. The summed E-state index contributed by atoms with van der Waals surface area (Å²) in [6, 6.07) is 44.7. The Morgan fingerprint density at radius 1 is 0.596 bits per heavy atom. The van der Waals surface area contributed by atoms with Crippen LogP contribution in [0.15, 0.2) is 158 Å². The molecule has 0 atom stereocenters. The zero-order chi connectivity index (χ0) is 35.6. The summed E-state index contributed by atoms with van der Waals surface area (Å²) in [6.45, 7) is 13.4. The number of allylic oxidation sites excluding steroid dienone is 4. The number of rotatable bonds is 6. The molecule has 2 aliphatic rings. The molecule has 0 spiro atoms. The maximum atomic E-state index is 5.04. The number of thiol groups is 1. The zero-order valence-corrected chi connectivity index (χ0v) is 30.6. The van der Waals surface area contributed by atoms with E-state index in [1.807, 2.05) is 12.2 Å². The molecule has 0 heterocycles. The first-order valence-electron chi connectivity index (χ1n) is 18.2. The Bertz CT molecular complexity index is 2680.